The van der Waals surface area contributed by atoms with Gasteiger partial charge in [0.15, 0.2) is 0 Å². The molecule has 0 aliphatic carbocycles. The van der Waals surface area contributed by atoms with Gasteiger partial charge in [-0.2, -0.15) is 11.8 Å². The zero-order valence-electron chi connectivity index (χ0n) is 9.08. The number of nitrogens with zero attached hydrogens (tertiary/aromatic N) is 1. The Balaban J connectivity index is 2.01. The highest BCUT2D eigenvalue weighted by molar-refractivity contribution is 7.99. The molecule has 1 atom stereocenters. The van der Waals surface area contributed by atoms with Crippen molar-refractivity contribution < 1.29 is 0 Å². The molecule has 4 nitrogen and oxygen atoms in total. The van der Waals surface area contributed by atoms with Crippen LogP contribution in [0.3, 0.4) is 0 Å². The third kappa shape index (κ3) is 1.78. The highest BCUT2D eigenvalue weighted by atomic mass is 32.2. The molecular weight excluding hydrogens is 222 g/mol. The van der Waals surface area contributed by atoms with Crippen LogP contribution >= 0.6 is 11.8 Å². The lowest BCUT2D eigenvalue weighted by atomic mass is 10.1. The molecule has 1 aromatic heterocycles. The van der Waals surface area contributed by atoms with Crippen LogP contribution in [0.15, 0.2) is 4.79 Å². The number of hydrogen-bond donors (Lipinski definition) is 2. The molecule has 3 rings (SSSR count). The Hall–Kier alpha value is -0.810. The Labute approximate surface area is 98.2 Å². The Morgan fingerprint density at radius 1 is 1.44 bits per heavy atom. The van der Waals surface area contributed by atoms with Crippen LogP contribution in [0.5, 0.6) is 0 Å². The Kier molecular flexibility index (Phi) is 2.73. The van der Waals surface area contributed by atoms with Crippen LogP contribution < -0.4 is 10.9 Å². The SMILES string of the molecule is O=c1[nH]c(C2CCCS2)nc2c1CNCC2. The lowest BCUT2D eigenvalue weighted by Crippen LogP contribution is -2.32. The first-order chi connectivity index (χ1) is 7.84. The molecule has 2 aliphatic heterocycles. The lowest BCUT2D eigenvalue weighted by Gasteiger charge is -2.17. The van der Waals surface area contributed by atoms with E-state index in [0.29, 0.717) is 11.8 Å². The first kappa shape index (κ1) is 10.4. The van der Waals surface area contributed by atoms with Gasteiger partial charge in [-0.25, -0.2) is 4.98 Å². The van der Waals surface area contributed by atoms with Crippen molar-refractivity contribution in [2.45, 2.75) is 31.1 Å². The Morgan fingerprint density at radius 3 is 3.19 bits per heavy atom. The van der Waals surface area contributed by atoms with Crippen LogP contribution in [0.4, 0.5) is 0 Å². The summed E-state index contributed by atoms with van der Waals surface area (Å²) in [6.45, 7) is 1.59. The van der Waals surface area contributed by atoms with Crippen LogP contribution in [-0.4, -0.2) is 22.3 Å². The second-order valence-corrected chi connectivity index (χ2v) is 5.62. The van der Waals surface area contributed by atoms with Crippen LogP contribution in [0.1, 0.15) is 35.2 Å². The molecule has 86 valence electrons. The smallest absolute Gasteiger partial charge is 0.255 e. The Morgan fingerprint density at radius 2 is 2.38 bits per heavy atom. The minimum absolute atomic E-state index is 0.0553. The van der Waals surface area contributed by atoms with Gasteiger partial charge < -0.3 is 10.3 Å². The van der Waals surface area contributed by atoms with E-state index in [9.17, 15) is 4.79 Å². The third-order valence-electron chi connectivity index (χ3n) is 3.19. The van der Waals surface area contributed by atoms with E-state index in [-0.39, 0.29) is 5.56 Å². The highest BCUT2D eigenvalue weighted by Crippen LogP contribution is 2.37. The molecule has 0 bridgehead atoms. The summed E-state index contributed by atoms with van der Waals surface area (Å²) in [5, 5.41) is 3.62. The fraction of sp³-hybridized carbons (Fsp3) is 0.636. The summed E-state index contributed by atoms with van der Waals surface area (Å²) in [6.07, 6.45) is 3.26. The van der Waals surface area contributed by atoms with Crippen molar-refractivity contribution in [2.75, 3.05) is 12.3 Å². The number of aromatic nitrogens is 2. The van der Waals surface area contributed by atoms with Gasteiger partial charge in [-0.3, -0.25) is 4.79 Å². The largest absolute Gasteiger partial charge is 0.312 e. The molecule has 5 heteroatoms. The maximum atomic E-state index is 11.9. The van der Waals surface area contributed by atoms with Crippen LogP contribution in [0.2, 0.25) is 0 Å². The van der Waals surface area contributed by atoms with Gasteiger partial charge in [-0.05, 0) is 18.6 Å². The molecule has 3 heterocycles. The first-order valence-electron chi connectivity index (χ1n) is 5.79. The van der Waals surface area contributed by atoms with E-state index in [1.807, 2.05) is 11.8 Å². The summed E-state index contributed by atoms with van der Waals surface area (Å²) in [5.74, 6) is 2.08. The number of fused-ring (bicyclic) bond motifs is 1. The zero-order chi connectivity index (χ0) is 11.0. The van der Waals surface area contributed by atoms with E-state index < -0.39 is 0 Å². The summed E-state index contributed by atoms with van der Waals surface area (Å²) in [4.78, 5) is 19.5. The number of nitrogens with one attached hydrogen (secondary N) is 2. The van der Waals surface area contributed by atoms with Gasteiger partial charge in [-0.15, -0.1) is 0 Å². The highest BCUT2D eigenvalue weighted by Gasteiger charge is 2.23. The van der Waals surface area contributed by atoms with Crippen molar-refractivity contribution in [3.05, 3.63) is 27.4 Å². The average Bonchev–Trinajstić information content (AvgIpc) is 2.82. The molecule has 2 N–H and O–H groups in total. The Bertz CT molecular complexity index is 451. The lowest BCUT2D eigenvalue weighted by molar-refractivity contribution is 0.610. The predicted octanol–water partition coefficient (Wildman–Crippen LogP) is 0.984. The monoisotopic (exact) mass is 237 g/mol. The quantitative estimate of drug-likeness (QED) is 0.764. The molecule has 1 fully saturated rings. The standard InChI is InChI=1S/C11H15N3OS/c15-11-7-6-12-4-3-8(7)13-10(14-11)9-2-1-5-16-9/h9,12H,1-6H2,(H,13,14,15). The summed E-state index contributed by atoms with van der Waals surface area (Å²) < 4.78 is 0. The van der Waals surface area contributed by atoms with E-state index in [2.05, 4.69) is 15.3 Å². The molecule has 0 spiro atoms. The molecule has 1 saturated heterocycles. The van der Waals surface area contributed by atoms with Gasteiger partial charge >= 0.3 is 0 Å². The van der Waals surface area contributed by atoms with Crippen molar-refractivity contribution in [1.82, 2.24) is 15.3 Å². The minimum atomic E-state index is 0.0553. The zero-order valence-corrected chi connectivity index (χ0v) is 9.90. The first-order valence-corrected chi connectivity index (χ1v) is 6.84. The van der Waals surface area contributed by atoms with Gasteiger partial charge in [0.2, 0.25) is 0 Å². The number of aromatic amines is 1. The molecule has 0 aromatic carbocycles. The maximum absolute atomic E-state index is 11.9. The van der Waals surface area contributed by atoms with Gasteiger partial charge in [0.1, 0.15) is 5.82 Å². The predicted molar refractivity (Wildman–Crippen MR) is 64.7 cm³/mol. The van der Waals surface area contributed by atoms with Crippen molar-refractivity contribution in [2.24, 2.45) is 0 Å². The van der Waals surface area contributed by atoms with Crippen molar-refractivity contribution in [1.29, 1.82) is 0 Å². The number of hydrogen-bond acceptors (Lipinski definition) is 4. The minimum Gasteiger partial charge on any atom is -0.312 e. The van der Waals surface area contributed by atoms with Crippen molar-refractivity contribution in [3.63, 3.8) is 0 Å². The van der Waals surface area contributed by atoms with Gasteiger partial charge in [0.25, 0.3) is 5.56 Å². The second-order valence-electron chi connectivity index (χ2n) is 4.30. The normalized spacial score (nSPS) is 24.4. The maximum Gasteiger partial charge on any atom is 0.255 e. The number of rotatable bonds is 1. The summed E-state index contributed by atoms with van der Waals surface area (Å²) in [5.41, 5.74) is 1.89. The number of H-pyrrole nitrogens is 1. The molecule has 2 aliphatic rings. The molecule has 0 saturated carbocycles. The molecule has 1 unspecified atom stereocenters. The number of thioether (sulfide) groups is 1. The van der Waals surface area contributed by atoms with Crippen LogP contribution in [-0.2, 0) is 13.0 Å². The summed E-state index contributed by atoms with van der Waals surface area (Å²) >= 11 is 1.91. The summed E-state index contributed by atoms with van der Waals surface area (Å²) in [6, 6.07) is 0. The fourth-order valence-electron chi connectivity index (χ4n) is 2.32. The summed E-state index contributed by atoms with van der Waals surface area (Å²) in [7, 11) is 0. The topological polar surface area (TPSA) is 57.8 Å². The van der Waals surface area contributed by atoms with Gasteiger partial charge in [0, 0.05) is 19.5 Å². The molecular formula is C11H15N3OS. The molecule has 16 heavy (non-hydrogen) atoms. The van der Waals surface area contributed by atoms with E-state index >= 15 is 0 Å². The van der Waals surface area contributed by atoms with Gasteiger partial charge in [-0.1, -0.05) is 0 Å². The fourth-order valence-corrected chi connectivity index (χ4v) is 3.54. The van der Waals surface area contributed by atoms with E-state index in [1.54, 1.807) is 0 Å². The van der Waals surface area contributed by atoms with Crippen molar-refractivity contribution >= 4 is 11.8 Å². The van der Waals surface area contributed by atoms with Crippen LogP contribution in [0, 0.1) is 0 Å². The second kappa shape index (κ2) is 4.22. The van der Waals surface area contributed by atoms with E-state index in [0.717, 1.165) is 36.5 Å². The van der Waals surface area contributed by atoms with E-state index in [1.165, 1.54) is 12.2 Å². The third-order valence-corrected chi connectivity index (χ3v) is 4.58. The van der Waals surface area contributed by atoms with Crippen molar-refractivity contribution in [3.8, 4) is 0 Å². The molecule has 0 radical (unpaired) electrons. The average molecular weight is 237 g/mol. The van der Waals surface area contributed by atoms with Gasteiger partial charge in [0.05, 0.1) is 16.5 Å². The van der Waals surface area contributed by atoms with Crippen LogP contribution in [0.25, 0.3) is 0 Å². The molecule has 1 aromatic rings. The van der Waals surface area contributed by atoms with E-state index in [4.69, 9.17) is 0 Å². The molecule has 0 amide bonds.